The number of rotatable bonds is 3. The lowest BCUT2D eigenvalue weighted by atomic mass is 10.3. The van der Waals surface area contributed by atoms with E-state index in [2.05, 4.69) is 4.98 Å². The van der Waals surface area contributed by atoms with Crippen molar-refractivity contribution in [2.24, 2.45) is 0 Å². The van der Waals surface area contributed by atoms with Crippen molar-refractivity contribution in [1.82, 2.24) is 4.98 Å². The van der Waals surface area contributed by atoms with E-state index < -0.39 is 40.2 Å². The monoisotopic (exact) mass is 398 g/mol. The number of nitro groups is 1. The second-order valence-corrected chi connectivity index (χ2v) is 6.26. The summed E-state index contributed by atoms with van der Waals surface area (Å²) in [4.78, 5) is 11.7. The highest BCUT2D eigenvalue weighted by Gasteiger charge is 2.32. The Morgan fingerprint density at radius 1 is 1.53 bits per heavy atom. The minimum Gasteiger partial charge on any atom is -0.358 e. The summed E-state index contributed by atoms with van der Waals surface area (Å²) in [6, 6.07) is 0. The molecule has 11 heteroatoms. The lowest BCUT2D eigenvalue weighted by Crippen LogP contribution is -2.07. The first kappa shape index (κ1) is 14.4. The maximum Gasteiger partial charge on any atom is 0.378 e. The van der Waals surface area contributed by atoms with Crippen LogP contribution in [-0.2, 0) is 9.05 Å². The van der Waals surface area contributed by atoms with E-state index in [0.29, 0.717) is 6.20 Å². The Morgan fingerprint density at radius 3 is 2.41 bits per heavy atom. The van der Waals surface area contributed by atoms with Gasteiger partial charge in [-0.25, -0.2) is 17.2 Å². The molecule has 0 aliphatic rings. The first-order valence-electron chi connectivity index (χ1n) is 3.72. The summed E-state index contributed by atoms with van der Waals surface area (Å²) in [6.45, 7) is 0. The molecular weight excluding hydrogens is 396 g/mol. The summed E-state index contributed by atoms with van der Waals surface area (Å²) in [5.41, 5.74) is -0.963. The molecular formula is C6H2ClF2IN2O4S. The zero-order valence-electron chi connectivity index (χ0n) is 7.60. The fraction of sp³-hybridized carbons (Fsp3) is 0.167. The minimum atomic E-state index is -4.52. The molecule has 0 aliphatic heterocycles. The van der Waals surface area contributed by atoms with E-state index >= 15 is 0 Å². The largest absolute Gasteiger partial charge is 0.378 e. The molecule has 0 amide bonds. The molecule has 0 N–H and O–H groups in total. The molecule has 1 rings (SSSR count). The van der Waals surface area contributed by atoms with Crippen LogP contribution in [0.1, 0.15) is 12.0 Å². The first-order chi connectivity index (χ1) is 7.66. The number of aromatic nitrogens is 1. The van der Waals surface area contributed by atoms with Crippen molar-refractivity contribution in [3.63, 3.8) is 0 Å². The number of halogens is 4. The molecule has 0 fully saturated rings. The van der Waals surface area contributed by atoms with Crippen molar-refractivity contribution in [2.45, 2.75) is 11.3 Å². The smallest absolute Gasteiger partial charge is 0.358 e. The molecule has 1 aromatic heterocycles. The van der Waals surface area contributed by atoms with Gasteiger partial charge < -0.3 is 10.1 Å². The van der Waals surface area contributed by atoms with Gasteiger partial charge in [-0.2, -0.15) is 0 Å². The molecule has 0 aliphatic carbocycles. The fourth-order valence-corrected chi connectivity index (χ4v) is 4.14. The highest BCUT2D eigenvalue weighted by atomic mass is 127. The molecule has 17 heavy (non-hydrogen) atoms. The van der Waals surface area contributed by atoms with Crippen LogP contribution in [0.2, 0.25) is 0 Å². The van der Waals surface area contributed by atoms with Gasteiger partial charge >= 0.3 is 5.82 Å². The molecule has 94 valence electrons. The van der Waals surface area contributed by atoms with Gasteiger partial charge in [-0.15, -0.1) is 0 Å². The highest BCUT2D eigenvalue weighted by molar-refractivity contribution is 14.1. The van der Waals surface area contributed by atoms with Crippen molar-refractivity contribution in [1.29, 1.82) is 0 Å². The maximum atomic E-state index is 12.5. The van der Waals surface area contributed by atoms with Crippen LogP contribution in [-0.4, -0.2) is 18.3 Å². The van der Waals surface area contributed by atoms with Crippen LogP contribution >= 0.6 is 33.3 Å². The summed E-state index contributed by atoms with van der Waals surface area (Å²) in [6.07, 6.45) is -2.72. The predicted molar refractivity (Wildman–Crippen MR) is 61.6 cm³/mol. The molecule has 0 radical (unpaired) electrons. The van der Waals surface area contributed by atoms with E-state index in [-0.39, 0.29) is 0 Å². The Labute approximate surface area is 112 Å². The van der Waals surface area contributed by atoms with Crippen molar-refractivity contribution in [3.8, 4) is 0 Å². The van der Waals surface area contributed by atoms with Crippen LogP contribution in [0.25, 0.3) is 0 Å². The second-order valence-electron chi connectivity index (χ2n) is 2.68. The summed E-state index contributed by atoms with van der Waals surface area (Å²) >= 11 is 1.24. The molecule has 1 heterocycles. The van der Waals surface area contributed by atoms with E-state index in [1.165, 1.54) is 22.6 Å². The van der Waals surface area contributed by atoms with Gasteiger partial charge in [-0.1, -0.05) is 0 Å². The molecule has 0 aromatic carbocycles. The van der Waals surface area contributed by atoms with Crippen molar-refractivity contribution in [3.05, 3.63) is 25.4 Å². The zero-order chi connectivity index (χ0) is 13.4. The van der Waals surface area contributed by atoms with Gasteiger partial charge in [-0.3, -0.25) is 0 Å². The Balaban J connectivity index is 3.72. The lowest BCUT2D eigenvalue weighted by molar-refractivity contribution is -0.390. The topological polar surface area (TPSA) is 90.2 Å². The van der Waals surface area contributed by atoms with Crippen LogP contribution in [0.5, 0.6) is 0 Å². The molecule has 0 unspecified atom stereocenters. The van der Waals surface area contributed by atoms with Gasteiger partial charge in [0, 0.05) is 10.7 Å². The third-order valence-corrected chi connectivity index (χ3v) is 4.41. The standard InChI is InChI=1S/C6H2ClF2IN2O4S/c7-17(15,16)4-2(5(8)9)1-11-6(3(4)10)12(13)14/h1,5H. The zero-order valence-corrected chi connectivity index (χ0v) is 11.3. The average Bonchev–Trinajstić information content (AvgIpc) is 2.14. The molecule has 0 spiro atoms. The maximum absolute atomic E-state index is 12.5. The summed E-state index contributed by atoms with van der Waals surface area (Å²) < 4.78 is 46.8. The Bertz CT molecular complexity index is 580. The number of nitrogens with zero attached hydrogens (tertiary/aromatic N) is 2. The van der Waals surface area contributed by atoms with Crippen LogP contribution in [0.4, 0.5) is 14.6 Å². The van der Waals surface area contributed by atoms with Gasteiger partial charge in [0.2, 0.25) is 0 Å². The van der Waals surface area contributed by atoms with Gasteiger partial charge in [0.15, 0.2) is 6.20 Å². The summed E-state index contributed by atoms with van der Waals surface area (Å²) in [5.74, 6) is -0.839. The van der Waals surface area contributed by atoms with Crippen LogP contribution < -0.4 is 0 Å². The number of pyridine rings is 1. The summed E-state index contributed by atoms with van der Waals surface area (Å²) in [5, 5.41) is 10.5. The number of hydrogen-bond donors (Lipinski definition) is 0. The van der Waals surface area contributed by atoms with Gasteiger partial charge in [0.25, 0.3) is 15.5 Å². The SMILES string of the molecule is O=[N+]([O-])c1ncc(C(F)F)c(S(=O)(=O)Cl)c1I. The van der Waals surface area contributed by atoms with E-state index in [1.807, 2.05) is 0 Å². The normalized spacial score (nSPS) is 11.8. The molecule has 1 aromatic rings. The van der Waals surface area contributed by atoms with Crippen LogP contribution in [0, 0.1) is 13.7 Å². The van der Waals surface area contributed by atoms with Crippen LogP contribution in [0.3, 0.4) is 0 Å². The molecule has 0 saturated heterocycles. The predicted octanol–water partition coefficient (Wildman–Crippen LogP) is 2.46. The quantitative estimate of drug-likeness (QED) is 0.338. The number of alkyl halides is 2. The Morgan fingerprint density at radius 2 is 2.06 bits per heavy atom. The molecule has 0 saturated carbocycles. The third kappa shape index (κ3) is 2.98. The Kier molecular flexibility index (Phi) is 4.19. The van der Waals surface area contributed by atoms with Crippen molar-refractivity contribution < 1.29 is 22.1 Å². The van der Waals surface area contributed by atoms with Gasteiger partial charge in [-0.05, 0) is 32.5 Å². The molecule has 6 nitrogen and oxygen atoms in total. The van der Waals surface area contributed by atoms with E-state index in [9.17, 15) is 27.3 Å². The van der Waals surface area contributed by atoms with Gasteiger partial charge in [0.05, 0.1) is 5.56 Å². The van der Waals surface area contributed by atoms with E-state index in [4.69, 9.17) is 10.7 Å². The number of hydrogen-bond acceptors (Lipinski definition) is 5. The fourth-order valence-electron chi connectivity index (χ4n) is 1.00. The molecule has 0 bridgehead atoms. The van der Waals surface area contributed by atoms with Crippen LogP contribution in [0.15, 0.2) is 11.1 Å². The average molecular weight is 399 g/mol. The third-order valence-electron chi connectivity index (χ3n) is 1.64. The van der Waals surface area contributed by atoms with Crippen molar-refractivity contribution in [2.75, 3.05) is 0 Å². The molecule has 0 atom stereocenters. The van der Waals surface area contributed by atoms with E-state index in [1.54, 1.807) is 0 Å². The minimum absolute atomic E-state index is 0.431. The highest BCUT2D eigenvalue weighted by Crippen LogP contribution is 2.35. The van der Waals surface area contributed by atoms with Crippen molar-refractivity contribution >= 4 is 48.1 Å². The van der Waals surface area contributed by atoms with E-state index in [0.717, 1.165) is 0 Å². The first-order valence-corrected chi connectivity index (χ1v) is 7.10. The van der Waals surface area contributed by atoms with Gasteiger partial charge in [0.1, 0.15) is 8.47 Å². The lowest BCUT2D eigenvalue weighted by Gasteiger charge is -2.06. The second kappa shape index (κ2) is 4.94. The Hall–Kier alpha value is -0.620. The summed E-state index contributed by atoms with van der Waals surface area (Å²) in [7, 11) is 0.449.